The molecule has 1 rings (SSSR count). The Morgan fingerprint density at radius 1 is 1.41 bits per heavy atom. The van der Waals surface area contributed by atoms with Crippen LogP contribution in [-0.4, -0.2) is 39.8 Å². The minimum atomic E-state index is -1.42. The summed E-state index contributed by atoms with van der Waals surface area (Å²) in [6, 6.07) is 2.37. The number of carbonyl (C=O) groups is 2. The molecular formula is C10H10ClNO5. The van der Waals surface area contributed by atoms with Gasteiger partial charge in [-0.3, -0.25) is 4.79 Å². The smallest absolute Gasteiger partial charge is 0.328 e. The number of halogens is 1. The highest BCUT2D eigenvalue weighted by atomic mass is 35.5. The summed E-state index contributed by atoms with van der Waals surface area (Å²) in [5.74, 6) is -2.54. The standard InChI is InChI=1S/C10H10ClNO5/c11-5-1-2-6(8(14)3-5)9(15)12-7(4-13)10(16)17/h1-3,7,13-14H,4H2,(H,12,15)(H,16,17). The molecule has 0 fully saturated rings. The molecule has 17 heavy (non-hydrogen) atoms. The van der Waals surface area contributed by atoms with E-state index in [1.165, 1.54) is 12.1 Å². The van der Waals surface area contributed by atoms with Crippen LogP contribution in [-0.2, 0) is 4.79 Å². The summed E-state index contributed by atoms with van der Waals surface area (Å²) in [5.41, 5.74) is -0.117. The quantitative estimate of drug-likeness (QED) is 0.619. The van der Waals surface area contributed by atoms with Gasteiger partial charge >= 0.3 is 5.97 Å². The predicted octanol–water partition coefficient (Wildman–Crippen LogP) is 0.221. The molecule has 0 aliphatic heterocycles. The number of carboxylic acids is 1. The number of amides is 1. The van der Waals surface area contributed by atoms with Crippen LogP contribution in [0.25, 0.3) is 0 Å². The van der Waals surface area contributed by atoms with E-state index >= 15 is 0 Å². The lowest BCUT2D eigenvalue weighted by molar-refractivity contribution is -0.140. The molecule has 7 heteroatoms. The Morgan fingerprint density at radius 3 is 2.53 bits per heavy atom. The van der Waals surface area contributed by atoms with Crippen LogP contribution in [0.2, 0.25) is 5.02 Å². The van der Waals surface area contributed by atoms with Crippen molar-refractivity contribution < 1.29 is 24.9 Å². The van der Waals surface area contributed by atoms with Gasteiger partial charge in [0.15, 0.2) is 6.04 Å². The van der Waals surface area contributed by atoms with Crippen LogP contribution in [0.4, 0.5) is 0 Å². The second-order valence-corrected chi connectivity index (χ2v) is 3.64. The molecule has 1 aromatic carbocycles. The second kappa shape index (κ2) is 5.51. The van der Waals surface area contributed by atoms with Crippen molar-refractivity contribution in [2.75, 3.05) is 6.61 Å². The van der Waals surface area contributed by atoms with Crippen LogP contribution in [0.15, 0.2) is 18.2 Å². The molecule has 6 nitrogen and oxygen atoms in total. The maximum Gasteiger partial charge on any atom is 0.328 e. The first-order valence-corrected chi connectivity index (χ1v) is 4.96. The fourth-order valence-corrected chi connectivity index (χ4v) is 1.28. The first kappa shape index (κ1) is 13.3. The van der Waals surface area contributed by atoms with Crippen LogP contribution >= 0.6 is 11.6 Å². The number of hydrogen-bond acceptors (Lipinski definition) is 4. The Labute approximate surface area is 101 Å². The number of aliphatic hydroxyl groups excluding tert-OH is 1. The molecule has 0 bridgehead atoms. The molecular weight excluding hydrogens is 250 g/mol. The van der Waals surface area contributed by atoms with E-state index in [9.17, 15) is 14.7 Å². The van der Waals surface area contributed by atoms with Gasteiger partial charge in [-0.1, -0.05) is 11.6 Å². The van der Waals surface area contributed by atoms with Gasteiger partial charge in [0, 0.05) is 5.02 Å². The Balaban J connectivity index is 2.86. The van der Waals surface area contributed by atoms with Gasteiger partial charge in [0.25, 0.3) is 5.91 Å². The van der Waals surface area contributed by atoms with E-state index in [2.05, 4.69) is 5.32 Å². The molecule has 1 unspecified atom stereocenters. The zero-order valence-corrected chi connectivity index (χ0v) is 9.31. The molecule has 1 aromatic rings. The number of aliphatic hydroxyl groups is 1. The maximum absolute atomic E-state index is 11.6. The molecule has 0 aliphatic rings. The fourth-order valence-electron chi connectivity index (χ4n) is 1.12. The topological polar surface area (TPSA) is 107 Å². The first-order chi connectivity index (χ1) is 7.95. The van der Waals surface area contributed by atoms with Gasteiger partial charge in [-0.25, -0.2) is 4.79 Å². The van der Waals surface area contributed by atoms with Gasteiger partial charge in [0.05, 0.1) is 12.2 Å². The lowest BCUT2D eigenvalue weighted by Gasteiger charge is -2.12. The molecule has 1 atom stereocenters. The fraction of sp³-hybridized carbons (Fsp3) is 0.200. The van der Waals surface area contributed by atoms with Gasteiger partial charge in [0.2, 0.25) is 0 Å². The van der Waals surface area contributed by atoms with Crippen molar-refractivity contribution >= 4 is 23.5 Å². The number of phenolic OH excluding ortho intramolecular Hbond substituents is 1. The van der Waals surface area contributed by atoms with E-state index in [0.29, 0.717) is 0 Å². The number of hydrogen-bond donors (Lipinski definition) is 4. The van der Waals surface area contributed by atoms with Crippen molar-refractivity contribution in [2.45, 2.75) is 6.04 Å². The molecule has 0 spiro atoms. The minimum Gasteiger partial charge on any atom is -0.507 e. The van der Waals surface area contributed by atoms with Crippen LogP contribution < -0.4 is 5.32 Å². The lowest BCUT2D eigenvalue weighted by atomic mass is 10.1. The van der Waals surface area contributed by atoms with E-state index in [-0.39, 0.29) is 16.3 Å². The van der Waals surface area contributed by atoms with Crippen LogP contribution in [0.3, 0.4) is 0 Å². The number of rotatable bonds is 4. The molecule has 1 amide bonds. The van der Waals surface area contributed by atoms with Gasteiger partial charge < -0.3 is 20.6 Å². The Bertz CT molecular complexity index is 448. The molecule has 0 heterocycles. The largest absolute Gasteiger partial charge is 0.507 e. The third-order valence-corrected chi connectivity index (χ3v) is 2.23. The van der Waals surface area contributed by atoms with Crippen LogP contribution in [0, 0.1) is 0 Å². The highest BCUT2D eigenvalue weighted by Gasteiger charge is 2.21. The van der Waals surface area contributed by atoms with Crippen LogP contribution in [0.5, 0.6) is 5.75 Å². The van der Waals surface area contributed by atoms with E-state index < -0.39 is 24.5 Å². The van der Waals surface area contributed by atoms with Crippen LogP contribution in [0.1, 0.15) is 10.4 Å². The lowest BCUT2D eigenvalue weighted by Crippen LogP contribution is -2.43. The average molecular weight is 260 g/mol. The third-order valence-electron chi connectivity index (χ3n) is 1.99. The minimum absolute atomic E-state index is 0.117. The zero-order chi connectivity index (χ0) is 13.0. The average Bonchev–Trinajstić information content (AvgIpc) is 2.24. The number of phenols is 1. The number of carboxylic acid groups (broad SMARTS) is 1. The molecule has 92 valence electrons. The highest BCUT2D eigenvalue weighted by Crippen LogP contribution is 2.21. The summed E-state index contributed by atoms with van der Waals surface area (Å²) < 4.78 is 0. The van der Waals surface area contributed by atoms with E-state index in [4.69, 9.17) is 21.8 Å². The molecule has 0 aromatic heterocycles. The number of aromatic hydroxyl groups is 1. The van der Waals surface area contributed by atoms with Crippen molar-refractivity contribution in [3.05, 3.63) is 28.8 Å². The number of benzene rings is 1. The molecule has 0 saturated heterocycles. The van der Waals surface area contributed by atoms with Crippen molar-refractivity contribution in [2.24, 2.45) is 0 Å². The van der Waals surface area contributed by atoms with Crippen molar-refractivity contribution in [1.29, 1.82) is 0 Å². The normalized spacial score (nSPS) is 11.9. The SMILES string of the molecule is O=C(NC(CO)C(=O)O)c1ccc(Cl)cc1O. The van der Waals surface area contributed by atoms with Gasteiger partial charge in [-0.2, -0.15) is 0 Å². The van der Waals surface area contributed by atoms with Crippen molar-refractivity contribution in [3.63, 3.8) is 0 Å². The molecule has 0 saturated carbocycles. The zero-order valence-electron chi connectivity index (χ0n) is 8.55. The van der Waals surface area contributed by atoms with E-state index in [1.54, 1.807) is 0 Å². The second-order valence-electron chi connectivity index (χ2n) is 3.21. The van der Waals surface area contributed by atoms with E-state index in [0.717, 1.165) is 6.07 Å². The Morgan fingerprint density at radius 2 is 2.06 bits per heavy atom. The Kier molecular flexibility index (Phi) is 4.30. The summed E-state index contributed by atoms with van der Waals surface area (Å²) in [4.78, 5) is 22.1. The highest BCUT2D eigenvalue weighted by molar-refractivity contribution is 6.30. The van der Waals surface area contributed by atoms with Crippen molar-refractivity contribution in [3.8, 4) is 5.75 Å². The Hall–Kier alpha value is -1.79. The maximum atomic E-state index is 11.6. The summed E-state index contributed by atoms with van der Waals surface area (Å²) in [6.07, 6.45) is 0. The summed E-state index contributed by atoms with van der Waals surface area (Å²) in [5, 5.41) is 29.1. The first-order valence-electron chi connectivity index (χ1n) is 4.58. The number of nitrogens with one attached hydrogen (secondary N) is 1. The summed E-state index contributed by atoms with van der Waals surface area (Å²) >= 11 is 5.58. The summed E-state index contributed by atoms with van der Waals surface area (Å²) in [7, 11) is 0. The third kappa shape index (κ3) is 3.33. The van der Waals surface area contributed by atoms with Gasteiger partial charge in [-0.05, 0) is 18.2 Å². The number of aliphatic carboxylic acids is 1. The molecule has 0 aliphatic carbocycles. The monoisotopic (exact) mass is 259 g/mol. The predicted molar refractivity (Wildman–Crippen MR) is 59.1 cm³/mol. The number of carbonyl (C=O) groups excluding carboxylic acids is 1. The summed E-state index contributed by atoms with van der Waals surface area (Å²) in [6.45, 7) is -0.741. The molecule has 4 N–H and O–H groups in total. The van der Waals surface area contributed by atoms with Gasteiger partial charge in [0.1, 0.15) is 5.75 Å². The molecule has 0 radical (unpaired) electrons. The van der Waals surface area contributed by atoms with Crippen molar-refractivity contribution in [1.82, 2.24) is 5.32 Å². The van der Waals surface area contributed by atoms with E-state index in [1.807, 2.05) is 0 Å². The van der Waals surface area contributed by atoms with Gasteiger partial charge in [-0.15, -0.1) is 0 Å².